The van der Waals surface area contributed by atoms with Gasteiger partial charge < -0.3 is 15.4 Å². The largest absolute Gasteiger partial charge is 0.381 e. The highest BCUT2D eigenvalue weighted by Gasteiger charge is 2.20. The van der Waals surface area contributed by atoms with Gasteiger partial charge in [0.15, 0.2) is 0 Å². The Kier molecular flexibility index (Phi) is 6.05. The molecule has 1 aromatic rings. The second-order valence-corrected chi connectivity index (χ2v) is 5.35. The first-order valence-corrected chi connectivity index (χ1v) is 7.68. The van der Waals surface area contributed by atoms with Gasteiger partial charge in [-0.05, 0) is 31.6 Å². The van der Waals surface area contributed by atoms with Crippen LogP contribution in [0.3, 0.4) is 0 Å². The van der Waals surface area contributed by atoms with Crippen LogP contribution >= 0.6 is 0 Å². The molecule has 2 N–H and O–H groups in total. The predicted octanol–water partition coefficient (Wildman–Crippen LogP) is 2.70. The lowest BCUT2D eigenvalue weighted by molar-refractivity contribution is 0.124. The maximum Gasteiger partial charge on any atom is 0.134 e. The molecule has 1 saturated carbocycles. The van der Waals surface area contributed by atoms with Crippen LogP contribution in [0.15, 0.2) is 6.33 Å². The van der Waals surface area contributed by atoms with E-state index in [4.69, 9.17) is 4.74 Å². The number of aromatic nitrogens is 2. The summed E-state index contributed by atoms with van der Waals surface area (Å²) in [6.45, 7) is 4.83. The van der Waals surface area contributed by atoms with Gasteiger partial charge in [0.1, 0.15) is 18.0 Å². The number of hydrogen-bond donors (Lipinski definition) is 2. The molecular formula is C15H26N4O. The monoisotopic (exact) mass is 278 g/mol. The molecule has 1 heterocycles. The molecule has 0 bridgehead atoms. The van der Waals surface area contributed by atoms with Gasteiger partial charge in [-0.1, -0.05) is 13.3 Å². The van der Waals surface area contributed by atoms with Crippen LogP contribution in [0.4, 0.5) is 11.6 Å². The third kappa shape index (κ3) is 4.63. The Hall–Kier alpha value is -1.36. The lowest BCUT2D eigenvalue weighted by atomic mass is 10.1. The van der Waals surface area contributed by atoms with Crippen molar-refractivity contribution in [2.75, 3.05) is 37.4 Å². The summed E-state index contributed by atoms with van der Waals surface area (Å²) in [6.07, 6.45) is 7.39. The van der Waals surface area contributed by atoms with Crippen molar-refractivity contribution in [3.05, 3.63) is 11.9 Å². The third-order valence-corrected chi connectivity index (χ3v) is 3.49. The van der Waals surface area contributed by atoms with Crippen LogP contribution < -0.4 is 10.6 Å². The Bertz CT molecular complexity index is 407. The van der Waals surface area contributed by atoms with Gasteiger partial charge >= 0.3 is 0 Å². The Morgan fingerprint density at radius 1 is 1.30 bits per heavy atom. The molecule has 5 heteroatoms. The SMILES string of the molecule is CCCc1c(NC)ncnc1NCCCOCC1CC1. The smallest absolute Gasteiger partial charge is 0.134 e. The van der Waals surface area contributed by atoms with E-state index >= 15 is 0 Å². The van der Waals surface area contributed by atoms with Crippen LogP contribution in [0.1, 0.15) is 38.2 Å². The van der Waals surface area contributed by atoms with Gasteiger partial charge in [0, 0.05) is 32.4 Å². The molecule has 112 valence electrons. The number of hydrogen-bond acceptors (Lipinski definition) is 5. The van der Waals surface area contributed by atoms with Gasteiger partial charge in [0.2, 0.25) is 0 Å². The second kappa shape index (κ2) is 8.04. The van der Waals surface area contributed by atoms with Crippen LogP contribution in [-0.4, -0.2) is 36.8 Å². The van der Waals surface area contributed by atoms with E-state index in [1.54, 1.807) is 6.33 Å². The third-order valence-electron chi connectivity index (χ3n) is 3.49. The minimum Gasteiger partial charge on any atom is -0.381 e. The standard InChI is InChI=1S/C15H26N4O/c1-3-5-13-14(16-2)18-11-19-15(13)17-8-4-9-20-10-12-6-7-12/h11-12H,3-10H2,1-2H3,(H2,16,17,18,19). The Morgan fingerprint density at radius 2 is 2.10 bits per heavy atom. The molecule has 0 atom stereocenters. The molecule has 1 aliphatic carbocycles. The normalized spacial score (nSPS) is 14.3. The molecule has 1 fully saturated rings. The van der Waals surface area contributed by atoms with E-state index in [1.165, 1.54) is 18.4 Å². The van der Waals surface area contributed by atoms with Crippen molar-refractivity contribution >= 4 is 11.6 Å². The number of nitrogens with one attached hydrogen (secondary N) is 2. The maximum absolute atomic E-state index is 5.63. The zero-order valence-corrected chi connectivity index (χ0v) is 12.6. The van der Waals surface area contributed by atoms with Crippen molar-refractivity contribution in [1.29, 1.82) is 0 Å². The van der Waals surface area contributed by atoms with Crippen LogP contribution in [0, 0.1) is 5.92 Å². The van der Waals surface area contributed by atoms with Gasteiger partial charge in [-0.3, -0.25) is 0 Å². The highest BCUT2D eigenvalue weighted by molar-refractivity contribution is 5.57. The van der Waals surface area contributed by atoms with Gasteiger partial charge in [0.25, 0.3) is 0 Å². The van der Waals surface area contributed by atoms with Gasteiger partial charge in [-0.15, -0.1) is 0 Å². The Balaban J connectivity index is 1.75. The number of ether oxygens (including phenoxy) is 1. The van der Waals surface area contributed by atoms with Crippen LogP contribution in [0.5, 0.6) is 0 Å². The fraction of sp³-hybridized carbons (Fsp3) is 0.733. The molecule has 0 radical (unpaired) electrons. The van der Waals surface area contributed by atoms with Crippen molar-refractivity contribution in [2.24, 2.45) is 5.92 Å². The van der Waals surface area contributed by atoms with Crippen molar-refractivity contribution in [2.45, 2.75) is 39.0 Å². The Labute approximate surface area is 121 Å². The second-order valence-electron chi connectivity index (χ2n) is 5.35. The van der Waals surface area contributed by atoms with Gasteiger partial charge in [0.05, 0.1) is 0 Å². The summed E-state index contributed by atoms with van der Waals surface area (Å²) < 4.78 is 5.63. The van der Waals surface area contributed by atoms with Gasteiger partial charge in [-0.25, -0.2) is 9.97 Å². The van der Waals surface area contributed by atoms with E-state index in [2.05, 4.69) is 27.5 Å². The molecule has 0 aliphatic heterocycles. The zero-order valence-electron chi connectivity index (χ0n) is 12.6. The first-order valence-electron chi connectivity index (χ1n) is 7.68. The predicted molar refractivity (Wildman–Crippen MR) is 82.2 cm³/mol. The first-order chi connectivity index (χ1) is 9.85. The topological polar surface area (TPSA) is 59.1 Å². The lowest BCUT2D eigenvalue weighted by Crippen LogP contribution is -2.11. The fourth-order valence-corrected chi connectivity index (χ4v) is 2.18. The van der Waals surface area contributed by atoms with Crippen LogP contribution in [0.2, 0.25) is 0 Å². The summed E-state index contributed by atoms with van der Waals surface area (Å²) in [4.78, 5) is 8.63. The zero-order chi connectivity index (χ0) is 14.2. The van der Waals surface area contributed by atoms with Crippen molar-refractivity contribution in [1.82, 2.24) is 9.97 Å². The van der Waals surface area contributed by atoms with E-state index in [9.17, 15) is 0 Å². The Morgan fingerprint density at radius 3 is 2.80 bits per heavy atom. The van der Waals surface area contributed by atoms with E-state index in [0.717, 1.165) is 56.6 Å². The summed E-state index contributed by atoms with van der Waals surface area (Å²) >= 11 is 0. The minimum atomic E-state index is 0.830. The van der Waals surface area contributed by atoms with E-state index in [0.29, 0.717) is 0 Å². The molecule has 0 saturated heterocycles. The molecule has 0 unspecified atom stereocenters. The van der Waals surface area contributed by atoms with E-state index in [-0.39, 0.29) is 0 Å². The molecule has 1 aromatic heterocycles. The number of nitrogens with zero attached hydrogens (tertiary/aromatic N) is 2. The molecular weight excluding hydrogens is 252 g/mol. The highest BCUT2D eigenvalue weighted by atomic mass is 16.5. The quantitative estimate of drug-likeness (QED) is 0.644. The van der Waals surface area contributed by atoms with Crippen molar-refractivity contribution in [3.8, 4) is 0 Å². The lowest BCUT2D eigenvalue weighted by Gasteiger charge is -2.13. The first kappa shape index (κ1) is 15.0. The fourth-order valence-electron chi connectivity index (χ4n) is 2.18. The van der Waals surface area contributed by atoms with Gasteiger partial charge in [-0.2, -0.15) is 0 Å². The maximum atomic E-state index is 5.63. The summed E-state index contributed by atoms with van der Waals surface area (Å²) in [5.41, 5.74) is 1.18. The summed E-state index contributed by atoms with van der Waals surface area (Å²) in [6, 6.07) is 0. The number of anilines is 2. The molecule has 20 heavy (non-hydrogen) atoms. The summed E-state index contributed by atoms with van der Waals surface area (Å²) in [5, 5.41) is 6.54. The average Bonchev–Trinajstić information content (AvgIpc) is 3.28. The summed E-state index contributed by atoms with van der Waals surface area (Å²) in [5.74, 6) is 2.72. The van der Waals surface area contributed by atoms with Crippen molar-refractivity contribution in [3.63, 3.8) is 0 Å². The molecule has 5 nitrogen and oxygen atoms in total. The van der Waals surface area contributed by atoms with E-state index < -0.39 is 0 Å². The minimum absolute atomic E-state index is 0.830. The molecule has 0 aromatic carbocycles. The van der Waals surface area contributed by atoms with E-state index in [1.807, 2.05) is 7.05 Å². The average molecular weight is 278 g/mol. The molecule has 0 amide bonds. The molecule has 2 rings (SSSR count). The number of rotatable bonds is 10. The molecule has 1 aliphatic rings. The molecule has 0 spiro atoms. The highest BCUT2D eigenvalue weighted by Crippen LogP contribution is 2.28. The van der Waals surface area contributed by atoms with Crippen LogP contribution in [0.25, 0.3) is 0 Å². The van der Waals surface area contributed by atoms with Crippen LogP contribution in [-0.2, 0) is 11.2 Å². The van der Waals surface area contributed by atoms with Crippen molar-refractivity contribution < 1.29 is 4.74 Å². The summed E-state index contributed by atoms with van der Waals surface area (Å²) in [7, 11) is 1.90.